The highest BCUT2D eigenvalue weighted by molar-refractivity contribution is 6.00. The topological polar surface area (TPSA) is 99.5 Å². The van der Waals surface area contributed by atoms with E-state index in [0.29, 0.717) is 6.61 Å². The molecule has 2 aromatic rings. The lowest BCUT2D eigenvalue weighted by Crippen LogP contribution is -2.22. The van der Waals surface area contributed by atoms with Gasteiger partial charge in [-0.15, -0.1) is 0 Å². The summed E-state index contributed by atoms with van der Waals surface area (Å²) in [5, 5.41) is 23.4. The molecule has 0 aliphatic heterocycles. The smallest absolute Gasteiger partial charge is 0.342 e. The van der Waals surface area contributed by atoms with Gasteiger partial charge in [0.1, 0.15) is 5.56 Å². The maximum atomic E-state index is 11.9. The van der Waals surface area contributed by atoms with Gasteiger partial charge in [-0.25, -0.2) is 4.79 Å². The molecule has 1 aromatic carbocycles. The van der Waals surface area contributed by atoms with Crippen molar-refractivity contribution in [1.82, 2.24) is 5.16 Å². The lowest BCUT2D eigenvalue weighted by Gasteiger charge is -2.03. The first-order valence-electron chi connectivity index (χ1n) is 6.50. The monoisotopic (exact) mass is 280 g/mol. The van der Waals surface area contributed by atoms with Crippen LogP contribution in [0.15, 0.2) is 22.8 Å². The zero-order valence-corrected chi connectivity index (χ0v) is 10.9. The molecule has 1 aromatic heterocycles. The van der Waals surface area contributed by atoms with Gasteiger partial charge in [0.2, 0.25) is 5.52 Å². The third-order valence-electron chi connectivity index (χ3n) is 2.92. The van der Waals surface area contributed by atoms with E-state index in [4.69, 9.17) is 9.84 Å². The highest BCUT2D eigenvalue weighted by Gasteiger charge is 2.20. The van der Waals surface area contributed by atoms with Gasteiger partial charge in [-0.2, -0.15) is 0 Å². The van der Waals surface area contributed by atoms with E-state index in [0.717, 1.165) is 25.7 Å². The molecule has 7 nitrogen and oxygen atoms in total. The fraction of sp³-hybridized carbons (Fsp3) is 0.462. The second kappa shape index (κ2) is 6.85. The summed E-state index contributed by atoms with van der Waals surface area (Å²) < 4.78 is 9.59. The number of unbranched alkanes of at least 4 members (excludes halogenated alkanes) is 3. The molecule has 0 unspecified atom stereocenters. The quantitative estimate of drug-likeness (QED) is 0.464. The highest BCUT2D eigenvalue weighted by Crippen LogP contribution is 2.14. The van der Waals surface area contributed by atoms with E-state index in [2.05, 4.69) is 9.79 Å². The molecule has 0 saturated heterocycles. The Bertz CT molecular complexity index is 581. The van der Waals surface area contributed by atoms with E-state index in [9.17, 15) is 10.0 Å². The van der Waals surface area contributed by atoms with Crippen LogP contribution in [0.25, 0.3) is 11.0 Å². The molecular weight excluding hydrogens is 264 g/mol. The number of hydrogen-bond acceptors (Lipinski definition) is 6. The fourth-order valence-electron chi connectivity index (χ4n) is 1.87. The first kappa shape index (κ1) is 14.3. The van der Waals surface area contributed by atoms with E-state index >= 15 is 0 Å². The minimum absolute atomic E-state index is 0.184. The number of esters is 1. The van der Waals surface area contributed by atoms with Crippen LogP contribution < -0.4 is 4.90 Å². The van der Waals surface area contributed by atoms with Crippen molar-refractivity contribution in [3.63, 3.8) is 0 Å². The van der Waals surface area contributed by atoms with Crippen molar-refractivity contribution >= 4 is 17.0 Å². The number of benzene rings is 1. The number of carbonyl (C=O) groups is 1. The van der Waals surface area contributed by atoms with Crippen LogP contribution >= 0.6 is 0 Å². The Balaban J connectivity index is 1.91. The van der Waals surface area contributed by atoms with Crippen molar-refractivity contribution in [2.45, 2.75) is 25.7 Å². The average Bonchev–Trinajstić information content (AvgIpc) is 2.84. The highest BCUT2D eigenvalue weighted by atomic mass is 16.8. The number of nitrogens with zero attached hydrogens (tertiary/aromatic N) is 2. The summed E-state index contributed by atoms with van der Waals surface area (Å²) in [4.78, 5) is 12.2. The Labute approximate surface area is 115 Å². The third-order valence-corrected chi connectivity index (χ3v) is 2.92. The van der Waals surface area contributed by atoms with Crippen LogP contribution in [0.4, 0.5) is 0 Å². The SMILES string of the molecule is O=C(OCCCCCCO)c1cccc2c1no[n+]2[O-]. The number of aromatic nitrogens is 2. The number of aliphatic hydroxyl groups is 1. The van der Waals surface area contributed by atoms with E-state index < -0.39 is 5.97 Å². The summed E-state index contributed by atoms with van der Waals surface area (Å²) in [7, 11) is 0. The van der Waals surface area contributed by atoms with Gasteiger partial charge < -0.3 is 15.1 Å². The molecule has 7 heteroatoms. The molecule has 20 heavy (non-hydrogen) atoms. The van der Waals surface area contributed by atoms with Gasteiger partial charge in [0.25, 0.3) is 5.52 Å². The van der Waals surface area contributed by atoms with Crippen LogP contribution in [0, 0.1) is 5.21 Å². The second-order valence-corrected chi connectivity index (χ2v) is 4.38. The summed E-state index contributed by atoms with van der Waals surface area (Å²) in [6, 6.07) is 4.63. The summed E-state index contributed by atoms with van der Waals surface area (Å²) in [6.07, 6.45) is 3.30. The molecule has 0 spiro atoms. The Kier molecular flexibility index (Phi) is 4.89. The van der Waals surface area contributed by atoms with Crippen molar-refractivity contribution in [3.05, 3.63) is 29.0 Å². The van der Waals surface area contributed by atoms with E-state index in [1.54, 1.807) is 12.1 Å². The number of ether oxygens (including phenoxy) is 1. The molecule has 0 amide bonds. The molecule has 0 atom stereocenters. The molecule has 0 aliphatic rings. The first-order chi connectivity index (χ1) is 9.74. The zero-order valence-electron chi connectivity index (χ0n) is 10.9. The lowest BCUT2D eigenvalue weighted by molar-refractivity contribution is -0.782. The Morgan fingerprint density at radius 1 is 1.35 bits per heavy atom. The Morgan fingerprint density at radius 3 is 2.95 bits per heavy atom. The van der Waals surface area contributed by atoms with Crippen molar-refractivity contribution in [2.24, 2.45) is 0 Å². The molecular formula is C13H16N2O5. The van der Waals surface area contributed by atoms with Crippen LogP contribution in [0.3, 0.4) is 0 Å². The van der Waals surface area contributed by atoms with Crippen LogP contribution in [-0.4, -0.2) is 29.4 Å². The summed E-state index contributed by atoms with van der Waals surface area (Å²) in [6.45, 7) is 0.485. The third kappa shape index (κ3) is 3.24. The van der Waals surface area contributed by atoms with Crippen LogP contribution in [0.1, 0.15) is 36.0 Å². The van der Waals surface area contributed by atoms with Crippen LogP contribution in [0.5, 0.6) is 0 Å². The van der Waals surface area contributed by atoms with Gasteiger partial charge in [-0.3, -0.25) is 4.63 Å². The normalized spacial score (nSPS) is 10.8. The summed E-state index contributed by atoms with van der Waals surface area (Å²) in [5.41, 5.74) is 0.617. The second-order valence-electron chi connectivity index (χ2n) is 4.38. The van der Waals surface area contributed by atoms with Crippen molar-refractivity contribution < 1.29 is 24.2 Å². The maximum Gasteiger partial charge on any atom is 0.342 e. The molecule has 0 fully saturated rings. The van der Waals surface area contributed by atoms with Crippen LogP contribution in [-0.2, 0) is 4.74 Å². The zero-order chi connectivity index (χ0) is 14.4. The van der Waals surface area contributed by atoms with E-state index in [-0.39, 0.29) is 28.1 Å². The Morgan fingerprint density at radius 2 is 2.15 bits per heavy atom. The van der Waals surface area contributed by atoms with Crippen LogP contribution in [0.2, 0.25) is 0 Å². The minimum atomic E-state index is -0.522. The van der Waals surface area contributed by atoms with E-state index in [1.165, 1.54) is 6.07 Å². The predicted molar refractivity (Wildman–Crippen MR) is 68.8 cm³/mol. The molecule has 1 heterocycles. The minimum Gasteiger partial charge on any atom is -0.462 e. The fourth-order valence-corrected chi connectivity index (χ4v) is 1.87. The van der Waals surface area contributed by atoms with Gasteiger partial charge >= 0.3 is 5.97 Å². The molecule has 0 aliphatic carbocycles. The Hall–Kier alpha value is -2.15. The number of fused-ring (bicyclic) bond motifs is 1. The molecule has 1 N–H and O–H groups in total. The van der Waals surface area contributed by atoms with Gasteiger partial charge in [-0.1, -0.05) is 12.5 Å². The molecule has 0 saturated carbocycles. The maximum absolute atomic E-state index is 11.9. The standard InChI is InChI=1S/C13H16N2O5/c16-8-3-1-2-4-9-19-13(17)10-6-5-7-11-12(10)14-20-15(11)18/h5-7,16H,1-4,8-9H2. The molecule has 0 radical (unpaired) electrons. The number of rotatable bonds is 7. The van der Waals surface area contributed by atoms with Gasteiger partial charge in [0, 0.05) is 11.8 Å². The number of carbonyl (C=O) groups excluding carboxylic acids is 1. The molecule has 0 bridgehead atoms. The van der Waals surface area contributed by atoms with Gasteiger partial charge in [0.05, 0.1) is 6.61 Å². The average molecular weight is 280 g/mol. The molecule has 108 valence electrons. The van der Waals surface area contributed by atoms with Crippen molar-refractivity contribution in [1.29, 1.82) is 0 Å². The molecule has 2 rings (SSSR count). The van der Waals surface area contributed by atoms with Crippen molar-refractivity contribution in [3.8, 4) is 0 Å². The van der Waals surface area contributed by atoms with E-state index in [1.807, 2.05) is 0 Å². The largest absolute Gasteiger partial charge is 0.462 e. The van der Waals surface area contributed by atoms with Crippen molar-refractivity contribution in [2.75, 3.05) is 13.2 Å². The number of hydrogen-bond donors (Lipinski definition) is 1. The summed E-state index contributed by atoms with van der Waals surface area (Å²) >= 11 is 0. The van der Waals surface area contributed by atoms with Gasteiger partial charge in [-0.05, 0) is 36.3 Å². The lowest BCUT2D eigenvalue weighted by atomic mass is 10.2. The summed E-state index contributed by atoms with van der Waals surface area (Å²) in [5.74, 6) is -0.522. The van der Waals surface area contributed by atoms with Gasteiger partial charge in [0.15, 0.2) is 0 Å². The predicted octanol–water partition coefficient (Wildman–Crippen LogP) is 1.17. The number of aliphatic hydroxyl groups excluding tert-OH is 1. The first-order valence-corrected chi connectivity index (χ1v) is 6.50.